The highest BCUT2D eigenvalue weighted by Gasteiger charge is 2.15. The van der Waals surface area contributed by atoms with Gasteiger partial charge in [0, 0.05) is 31.7 Å². The van der Waals surface area contributed by atoms with Crippen LogP contribution < -0.4 is 11.1 Å². The van der Waals surface area contributed by atoms with Crippen LogP contribution in [0.25, 0.3) is 0 Å². The average Bonchev–Trinajstić information content (AvgIpc) is 2.87. The predicted octanol–water partition coefficient (Wildman–Crippen LogP) is 2.67. The van der Waals surface area contributed by atoms with Gasteiger partial charge in [-0.2, -0.15) is 0 Å². The standard InChI is InChI=1S/C16H31N3O2.HI/c17-16(19-15-6-3-1-2-4-7-15)18-9-5-10-20-12-14-8-11-21-13-14;/h14-15H,1-13H2,(H3,17,18,19);1H. The van der Waals surface area contributed by atoms with E-state index in [-0.39, 0.29) is 24.0 Å². The summed E-state index contributed by atoms with van der Waals surface area (Å²) in [7, 11) is 0. The van der Waals surface area contributed by atoms with Crippen LogP contribution in [0, 0.1) is 5.92 Å². The Labute approximate surface area is 151 Å². The van der Waals surface area contributed by atoms with Gasteiger partial charge in [0.05, 0.1) is 13.2 Å². The van der Waals surface area contributed by atoms with Gasteiger partial charge in [-0.15, -0.1) is 24.0 Å². The molecule has 2 fully saturated rings. The maximum absolute atomic E-state index is 5.95. The summed E-state index contributed by atoms with van der Waals surface area (Å²) in [6.45, 7) is 4.07. The number of rotatable bonds is 7. The zero-order chi connectivity index (χ0) is 14.8. The fourth-order valence-corrected chi connectivity index (χ4v) is 3.01. The molecule has 1 aliphatic carbocycles. The van der Waals surface area contributed by atoms with E-state index in [1.807, 2.05) is 0 Å². The zero-order valence-electron chi connectivity index (χ0n) is 13.6. The summed E-state index contributed by atoms with van der Waals surface area (Å²) in [6, 6.07) is 0.523. The van der Waals surface area contributed by atoms with E-state index in [0.29, 0.717) is 17.9 Å². The first-order chi connectivity index (χ1) is 10.3. The molecular formula is C16H32IN3O2. The molecule has 1 aliphatic heterocycles. The van der Waals surface area contributed by atoms with Crippen LogP contribution in [0.5, 0.6) is 0 Å². The number of nitrogens with one attached hydrogen (secondary N) is 1. The highest BCUT2D eigenvalue weighted by Crippen LogP contribution is 2.17. The Bertz CT molecular complexity index is 302. The molecule has 1 heterocycles. The molecule has 130 valence electrons. The fourth-order valence-electron chi connectivity index (χ4n) is 3.01. The Morgan fingerprint density at radius 1 is 1.18 bits per heavy atom. The molecule has 0 aromatic carbocycles. The number of ether oxygens (including phenoxy) is 2. The third-order valence-electron chi connectivity index (χ3n) is 4.31. The molecule has 0 amide bonds. The molecule has 0 spiro atoms. The van der Waals surface area contributed by atoms with Crippen LogP contribution in [-0.4, -0.2) is 45.0 Å². The number of nitrogens with two attached hydrogens (primary N) is 1. The van der Waals surface area contributed by atoms with Gasteiger partial charge in [-0.05, 0) is 25.7 Å². The van der Waals surface area contributed by atoms with E-state index in [1.165, 1.54) is 38.5 Å². The van der Waals surface area contributed by atoms with Crippen molar-refractivity contribution < 1.29 is 9.47 Å². The maximum Gasteiger partial charge on any atom is 0.188 e. The van der Waals surface area contributed by atoms with Crippen molar-refractivity contribution in [2.24, 2.45) is 16.6 Å². The first kappa shape index (κ1) is 20.0. The third-order valence-corrected chi connectivity index (χ3v) is 4.31. The van der Waals surface area contributed by atoms with Crippen molar-refractivity contribution >= 4 is 29.9 Å². The van der Waals surface area contributed by atoms with Gasteiger partial charge in [-0.25, -0.2) is 0 Å². The summed E-state index contributed by atoms with van der Waals surface area (Å²) in [4.78, 5) is 4.40. The van der Waals surface area contributed by atoms with Gasteiger partial charge in [0.2, 0.25) is 0 Å². The Balaban J connectivity index is 0.00000242. The van der Waals surface area contributed by atoms with Crippen LogP contribution in [0.4, 0.5) is 0 Å². The summed E-state index contributed by atoms with van der Waals surface area (Å²) in [5.41, 5.74) is 5.95. The molecule has 2 rings (SSSR count). The molecule has 1 unspecified atom stereocenters. The summed E-state index contributed by atoms with van der Waals surface area (Å²) >= 11 is 0. The van der Waals surface area contributed by atoms with Gasteiger partial charge in [-0.1, -0.05) is 25.7 Å². The lowest BCUT2D eigenvalue weighted by molar-refractivity contribution is 0.0893. The monoisotopic (exact) mass is 425 g/mol. The second-order valence-corrected chi connectivity index (χ2v) is 6.26. The third kappa shape index (κ3) is 8.53. The normalized spacial score (nSPS) is 23.8. The fraction of sp³-hybridized carbons (Fsp3) is 0.938. The molecule has 6 heteroatoms. The average molecular weight is 425 g/mol. The van der Waals surface area contributed by atoms with Gasteiger partial charge in [-0.3, -0.25) is 4.99 Å². The van der Waals surface area contributed by atoms with Crippen LogP contribution in [0.3, 0.4) is 0 Å². The van der Waals surface area contributed by atoms with E-state index in [2.05, 4.69) is 10.3 Å². The Morgan fingerprint density at radius 2 is 1.95 bits per heavy atom. The topological polar surface area (TPSA) is 68.9 Å². The van der Waals surface area contributed by atoms with E-state index in [4.69, 9.17) is 15.2 Å². The molecule has 3 N–H and O–H groups in total. The van der Waals surface area contributed by atoms with Crippen molar-refractivity contribution in [3.05, 3.63) is 0 Å². The minimum atomic E-state index is 0. The molecule has 1 atom stereocenters. The molecule has 0 radical (unpaired) electrons. The quantitative estimate of drug-likeness (QED) is 0.216. The molecule has 0 aromatic rings. The summed E-state index contributed by atoms with van der Waals surface area (Å²) in [5, 5.41) is 3.36. The van der Waals surface area contributed by atoms with Crippen molar-refractivity contribution in [1.82, 2.24) is 5.32 Å². The van der Waals surface area contributed by atoms with Crippen molar-refractivity contribution in [2.45, 2.75) is 57.4 Å². The first-order valence-electron chi connectivity index (χ1n) is 8.56. The van der Waals surface area contributed by atoms with Crippen molar-refractivity contribution in [3.8, 4) is 0 Å². The van der Waals surface area contributed by atoms with E-state index < -0.39 is 0 Å². The first-order valence-corrected chi connectivity index (χ1v) is 8.56. The van der Waals surface area contributed by atoms with Crippen molar-refractivity contribution in [1.29, 1.82) is 0 Å². The number of guanidine groups is 1. The highest BCUT2D eigenvalue weighted by atomic mass is 127. The molecule has 1 saturated heterocycles. The Morgan fingerprint density at radius 3 is 2.64 bits per heavy atom. The van der Waals surface area contributed by atoms with Crippen molar-refractivity contribution in [3.63, 3.8) is 0 Å². The number of aliphatic imine (C=N–C) groups is 1. The summed E-state index contributed by atoms with van der Waals surface area (Å²) < 4.78 is 11.0. The van der Waals surface area contributed by atoms with Gasteiger partial charge in [0.1, 0.15) is 0 Å². The molecule has 0 aromatic heterocycles. The number of nitrogens with zero attached hydrogens (tertiary/aromatic N) is 1. The van der Waals surface area contributed by atoms with E-state index >= 15 is 0 Å². The molecular weight excluding hydrogens is 393 g/mol. The minimum absolute atomic E-state index is 0. The van der Waals surface area contributed by atoms with E-state index in [9.17, 15) is 0 Å². The van der Waals surface area contributed by atoms with Crippen LogP contribution in [-0.2, 0) is 9.47 Å². The summed E-state index contributed by atoms with van der Waals surface area (Å²) in [5.74, 6) is 1.20. The highest BCUT2D eigenvalue weighted by molar-refractivity contribution is 14.0. The largest absolute Gasteiger partial charge is 0.381 e. The van der Waals surface area contributed by atoms with Gasteiger partial charge < -0.3 is 20.5 Å². The molecule has 2 aliphatic rings. The van der Waals surface area contributed by atoms with Crippen LogP contribution in [0.2, 0.25) is 0 Å². The SMILES string of the molecule is I.NC(=NCCCOCC1CCOC1)NC1CCCCCC1. The summed E-state index contributed by atoms with van der Waals surface area (Å²) in [6.07, 6.45) is 9.85. The predicted molar refractivity (Wildman–Crippen MR) is 101 cm³/mol. The molecule has 5 nitrogen and oxygen atoms in total. The second-order valence-electron chi connectivity index (χ2n) is 6.26. The smallest absolute Gasteiger partial charge is 0.188 e. The molecule has 22 heavy (non-hydrogen) atoms. The number of hydrogen-bond acceptors (Lipinski definition) is 3. The second kappa shape index (κ2) is 12.4. The van der Waals surface area contributed by atoms with Crippen LogP contribution >= 0.6 is 24.0 Å². The lowest BCUT2D eigenvalue weighted by Crippen LogP contribution is -2.39. The van der Waals surface area contributed by atoms with E-state index in [1.54, 1.807) is 0 Å². The maximum atomic E-state index is 5.95. The minimum Gasteiger partial charge on any atom is -0.381 e. The van der Waals surface area contributed by atoms with Crippen LogP contribution in [0.15, 0.2) is 4.99 Å². The molecule has 1 saturated carbocycles. The lowest BCUT2D eigenvalue weighted by atomic mass is 10.1. The van der Waals surface area contributed by atoms with Gasteiger partial charge in [0.15, 0.2) is 5.96 Å². The lowest BCUT2D eigenvalue weighted by Gasteiger charge is -2.16. The Hall–Kier alpha value is -0.0800. The zero-order valence-corrected chi connectivity index (χ0v) is 15.9. The number of halogens is 1. The Kier molecular flexibility index (Phi) is 11.2. The number of hydrogen-bond donors (Lipinski definition) is 2. The van der Waals surface area contributed by atoms with Gasteiger partial charge >= 0.3 is 0 Å². The van der Waals surface area contributed by atoms with Crippen LogP contribution in [0.1, 0.15) is 51.4 Å². The van der Waals surface area contributed by atoms with E-state index in [0.717, 1.165) is 45.8 Å². The van der Waals surface area contributed by atoms with Crippen molar-refractivity contribution in [2.75, 3.05) is 33.0 Å². The van der Waals surface area contributed by atoms with Gasteiger partial charge in [0.25, 0.3) is 0 Å². The molecule has 0 bridgehead atoms.